The third-order valence-electron chi connectivity index (χ3n) is 19.9. The first kappa shape index (κ1) is 53.0. The molecule has 2 heterocycles. The third-order valence-corrected chi connectivity index (χ3v) is 22.2. The molecular weight excluding hydrogens is 1170 g/mol. The van der Waals surface area contributed by atoms with Gasteiger partial charge in [-0.05, 0) is 216 Å². The first-order valence-electron chi connectivity index (χ1n) is 32.3. The first-order valence-corrected chi connectivity index (χ1v) is 33.9. The summed E-state index contributed by atoms with van der Waals surface area (Å²) in [5.41, 5.74) is 11.6. The molecule has 0 saturated carbocycles. The lowest BCUT2D eigenvalue weighted by atomic mass is 9.93. The van der Waals surface area contributed by atoms with Crippen LogP contribution in [0.5, 0.6) is 0 Å². The van der Waals surface area contributed by atoms with Crippen molar-refractivity contribution < 1.29 is 0 Å². The summed E-state index contributed by atoms with van der Waals surface area (Å²) in [4.78, 5) is 4.86. The fourth-order valence-electron chi connectivity index (χ4n) is 15.3. The minimum absolute atomic E-state index is 1.11. The minimum Gasteiger partial charge on any atom is -0.310 e. The Morgan fingerprint density at radius 3 is 1.23 bits per heavy atom. The second-order valence-corrected chi connectivity index (χ2v) is 27.3. The molecule has 20 aromatic rings. The van der Waals surface area contributed by atoms with Gasteiger partial charge in [-0.25, -0.2) is 0 Å². The van der Waals surface area contributed by atoms with Gasteiger partial charge in [-0.1, -0.05) is 231 Å². The van der Waals surface area contributed by atoms with E-state index in [1.54, 1.807) is 0 Å². The molecular formula is C90H54N2S2. The zero-order valence-corrected chi connectivity index (χ0v) is 52.5. The van der Waals surface area contributed by atoms with Crippen molar-refractivity contribution >= 4 is 194 Å². The molecule has 0 bridgehead atoms. The van der Waals surface area contributed by atoms with E-state index in [0.717, 1.165) is 34.1 Å². The van der Waals surface area contributed by atoms with Crippen LogP contribution < -0.4 is 9.80 Å². The Balaban J connectivity index is 0.649. The van der Waals surface area contributed by atoms with Crippen molar-refractivity contribution in [2.24, 2.45) is 0 Å². The van der Waals surface area contributed by atoms with Crippen molar-refractivity contribution in [1.29, 1.82) is 0 Å². The van der Waals surface area contributed by atoms with Crippen molar-refractivity contribution in [2.45, 2.75) is 0 Å². The van der Waals surface area contributed by atoms with Gasteiger partial charge in [-0.15, -0.1) is 22.7 Å². The van der Waals surface area contributed by atoms with Crippen LogP contribution >= 0.6 is 22.7 Å². The summed E-state index contributed by atoms with van der Waals surface area (Å²) in [6, 6.07) is 123. The molecule has 0 N–H and O–H groups in total. The summed E-state index contributed by atoms with van der Waals surface area (Å²) in [7, 11) is 0. The highest BCUT2D eigenvalue weighted by Crippen LogP contribution is 2.48. The lowest BCUT2D eigenvalue weighted by Gasteiger charge is -2.26. The van der Waals surface area contributed by atoms with Gasteiger partial charge in [-0.2, -0.15) is 0 Å². The third kappa shape index (κ3) is 8.47. The van der Waals surface area contributed by atoms with Crippen molar-refractivity contribution in [3.63, 3.8) is 0 Å². The normalized spacial score (nSPS) is 12.0. The highest BCUT2D eigenvalue weighted by molar-refractivity contribution is 7.27. The molecule has 0 radical (unpaired) electrons. The maximum atomic E-state index is 2.44. The zero-order chi connectivity index (χ0) is 61.5. The van der Waals surface area contributed by atoms with E-state index < -0.39 is 0 Å². The number of benzene rings is 18. The van der Waals surface area contributed by atoms with E-state index in [-0.39, 0.29) is 0 Å². The molecule has 4 heteroatoms. The Hall–Kier alpha value is -11.7. The molecule has 2 aromatic heterocycles. The van der Waals surface area contributed by atoms with Gasteiger partial charge >= 0.3 is 0 Å². The molecule has 0 aliphatic carbocycles. The van der Waals surface area contributed by atoms with Crippen LogP contribution in [-0.4, -0.2) is 0 Å². The minimum atomic E-state index is 1.11. The quantitative estimate of drug-likeness (QED) is 0.140. The monoisotopic (exact) mass is 1230 g/mol. The molecule has 0 aliphatic heterocycles. The summed E-state index contributed by atoms with van der Waals surface area (Å²) in [5, 5.41) is 27.8. The molecule has 436 valence electrons. The van der Waals surface area contributed by atoms with E-state index in [1.807, 2.05) is 22.7 Å². The number of anilines is 6. The summed E-state index contributed by atoms with van der Waals surface area (Å²) in [6.45, 7) is 0. The molecule has 0 spiro atoms. The van der Waals surface area contributed by atoms with Crippen LogP contribution in [0.3, 0.4) is 0 Å². The summed E-state index contributed by atoms with van der Waals surface area (Å²) in [6.07, 6.45) is 0. The molecule has 2 nitrogen and oxygen atoms in total. The van der Waals surface area contributed by atoms with Gasteiger partial charge in [0.1, 0.15) is 0 Å². The van der Waals surface area contributed by atoms with Gasteiger partial charge in [0.25, 0.3) is 0 Å². The number of para-hydroxylation sites is 1. The van der Waals surface area contributed by atoms with Gasteiger partial charge < -0.3 is 9.80 Å². The van der Waals surface area contributed by atoms with Crippen LogP contribution in [-0.2, 0) is 0 Å². The van der Waals surface area contributed by atoms with E-state index in [4.69, 9.17) is 0 Å². The summed E-state index contributed by atoms with van der Waals surface area (Å²) < 4.78 is 5.17. The number of hydrogen-bond acceptors (Lipinski definition) is 4. The molecule has 0 unspecified atom stereocenters. The lowest BCUT2D eigenvalue weighted by molar-refractivity contribution is 1.30. The van der Waals surface area contributed by atoms with Crippen molar-refractivity contribution in [2.75, 3.05) is 9.80 Å². The Morgan fingerprint density at radius 2 is 0.553 bits per heavy atom. The highest BCUT2D eigenvalue weighted by atomic mass is 32.1. The van der Waals surface area contributed by atoms with E-state index in [1.165, 1.54) is 160 Å². The average molecular weight is 1230 g/mol. The fourth-order valence-corrected chi connectivity index (χ4v) is 17.7. The number of nitrogens with zero attached hydrogens (tertiary/aromatic N) is 2. The molecule has 0 amide bonds. The Bertz CT molecular complexity index is 6560. The lowest BCUT2D eigenvalue weighted by Crippen LogP contribution is -2.09. The topological polar surface area (TPSA) is 6.48 Å². The molecule has 18 aromatic carbocycles. The van der Waals surface area contributed by atoms with Crippen LogP contribution in [0.25, 0.3) is 160 Å². The Kier molecular flexibility index (Phi) is 11.8. The maximum Gasteiger partial charge on any atom is 0.0476 e. The molecule has 0 atom stereocenters. The van der Waals surface area contributed by atoms with E-state index in [0.29, 0.717) is 0 Å². The molecule has 0 saturated heterocycles. The van der Waals surface area contributed by atoms with E-state index in [2.05, 4.69) is 337 Å². The number of rotatable bonds is 8. The second-order valence-electron chi connectivity index (χ2n) is 25.1. The Morgan fingerprint density at radius 1 is 0.170 bits per heavy atom. The van der Waals surface area contributed by atoms with Crippen molar-refractivity contribution in [1.82, 2.24) is 0 Å². The van der Waals surface area contributed by atoms with Crippen LogP contribution in [0.2, 0.25) is 0 Å². The van der Waals surface area contributed by atoms with Gasteiger partial charge in [-0.3, -0.25) is 0 Å². The SMILES string of the molecule is c1ccc(N(c2ccc3c(c2)sc2c4ccc(-c5ccc6c(ccc7c8cc(N(c9ccc(-c%10ccc%11ccccc%11c%10)cc9)c9ccc%10c(c9)sc9ccc%11ccccc%11c9%10)ccc8ccc67)c5)cc4ccc32)c2ccc3ccc4c5ccccc5ccc4c3c2)cc1. The van der Waals surface area contributed by atoms with Gasteiger partial charge in [0, 0.05) is 74.5 Å². The highest BCUT2D eigenvalue weighted by Gasteiger charge is 2.21. The van der Waals surface area contributed by atoms with Crippen LogP contribution in [0.1, 0.15) is 0 Å². The van der Waals surface area contributed by atoms with Crippen molar-refractivity contribution in [3.8, 4) is 22.3 Å². The number of fused-ring (bicyclic) bond motifs is 21. The van der Waals surface area contributed by atoms with Crippen LogP contribution in [0.4, 0.5) is 34.1 Å². The summed E-state index contributed by atoms with van der Waals surface area (Å²) in [5.74, 6) is 0. The van der Waals surface area contributed by atoms with Gasteiger partial charge in [0.15, 0.2) is 0 Å². The predicted molar refractivity (Wildman–Crippen MR) is 410 cm³/mol. The standard InChI is InChI=1S/C90H54N2S2/c1-2-14-67(15-3-1)91(69-34-22-59-25-40-77-73-16-8-6-11-57(73)24-42-79(77)84(59)51-69)71-36-45-81-82-44-30-66-50-64(28-39-76(66)90(82)94-87(81)53-71)63-27-38-74-65(49-63)29-43-80-78(74)41-26-60-23-35-70(52-85(60)80)92(68-32-20-56(21-33-68)62-19-18-55-10-4-5-13-61(55)48-62)72-37-46-83-88(54-72)93-86-47-31-58-12-7-9-17-75(58)89(83)86/h1-54H. The van der Waals surface area contributed by atoms with E-state index >= 15 is 0 Å². The molecule has 94 heavy (non-hydrogen) atoms. The van der Waals surface area contributed by atoms with Crippen molar-refractivity contribution in [3.05, 3.63) is 328 Å². The largest absolute Gasteiger partial charge is 0.310 e. The molecule has 0 aliphatic rings. The average Bonchev–Trinajstić information content (AvgIpc) is 1.24. The van der Waals surface area contributed by atoms with Gasteiger partial charge in [0.2, 0.25) is 0 Å². The fraction of sp³-hybridized carbons (Fsp3) is 0. The molecule has 0 fully saturated rings. The predicted octanol–water partition coefficient (Wildman–Crippen LogP) is 27.1. The van der Waals surface area contributed by atoms with Crippen LogP contribution in [0, 0.1) is 0 Å². The first-order chi connectivity index (χ1) is 46.5. The number of hydrogen-bond donors (Lipinski definition) is 0. The van der Waals surface area contributed by atoms with E-state index in [9.17, 15) is 0 Å². The van der Waals surface area contributed by atoms with Crippen LogP contribution in [0.15, 0.2) is 328 Å². The zero-order valence-electron chi connectivity index (χ0n) is 50.9. The Labute approximate surface area is 549 Å². The number of thiophene rings is 2. The molecule has 20 rings (SSSR count). The smallest absolute Gasteiger partial charge is 0.0476 e. The maximum absolute atomic E-state index is 2.44. The summed E-state index contributed by atoms with van der Waals surface area (Å²) >= 11 is 3.77. The van der Waals surface area contributed by atoms with Gasteiger partial charge in [0.05, 0.1) is 0 Å². The second kappa shape index (κ2) is 20.9.